The molecule has 0 amide bonds. The van der Waals surface area contributed by atoms with E-state index in [0.29, 0.717) is 32.1 Å². The third-order valence-corrected chi connectivity index (χ3v) is 18.1. The quantitative estimate of drug-likeness (QED) is 0.0128. The third-order valence-electron chi connectivity index (χ3n) is 16.2. The Balaban J connectivity index is 5.43. The number of hydrogen-bond acceptors (Lipinski definition) is 15. The Kier molecular flexibility index (Phi) is 69.9. The van der Waals surface area contributed by atoms with Crippen LogP contribution in [-0.4, -0.2) is 96.7 Å². The highest BCUT2D eigenvalue weighted by molar-refractivity contribution is 7.47. The fraction of sp³-hybridized carbons (Fsp3) is 0.728. The molecule has 0 rings (SSSR count). The molecular weight excluding hydrogens is 1310 g/mol. The first-order valence-electron chi connectivity index (χ1n) is 39.1. The Hall–Kier alpha value is -4.28. The summed E-state index contributed by atoms with van der Waals surface area (Å²) in [5.41, 5.74) is 0. The van der Waals surface area contributed by atoms with Gasteiger partial charge in [-0.3, -0.25) is 37.3 Å². The topological polar surface area (TPSA) is 237 Å². The van der Waals surface area contributed by atoms with Gasteiger partial charge in [0.2, 0.25) is 0 Å². The lowest BCUT2D eigenvalue weighted by molar-refractivity contribution is -0.161. The maximum atomic E-state index is 13.1. The van der Waals surface area contributed by atoms with Gasteiger partial charge in [-0.15, -0.1) is 0 Å². The minimum atomic E-state index is -4.99. The van der Waals surface area contributed by atoms with Crippen LogP contribution >= 0.6 is 15.6 Å². The molecule has 3 N–H and O–H groups in total. The average molecular weight is 1450 g/mol. The Labute approximate surface area is 607 Å². The molecule has 0 heterocycles. The van der Waals surface area contributed by atoms with Crippen molar-refractivity contribution in [1.82, 2.24) is 0 Å². The van der Waals surface area contributed by atoms with Crippen LogP contribution in [0.4, 0.5) is 0 Å². The van der Waals surface area contributed by atoms with E-state index in [1.54, 1.807) is 0 Å². The van der Waals surface area contributed by atoms with Crippen molar-refractivity contribution in [3.8, 4) is 0 Å². The van der Waals surface area contributed by atoms with Crippen molar-refractivity contribution in [1.29, 1.82) is 0 Å². The molecule has 0 bridgehead atoms. The van der Waals surface area contributed by atoms with Crippen molar-refractivity contribution in [2.75, 3.05) is 39.6 Å². The normalized spacial score (nSPS) is 14.5. The lowest BCUT2D eigenvalue weighted by atomic mass is 10.1. The molecular formula is C81H140O17P2. The fourth-order valence-corrected chi connectivity index (χ4v) is 11.7. The van der Waals surface area contributed by atoms with Crippen LogP contribution in [0.15, 0.2) is 109 Å². The van der Waals surface area contributed by atoms with E-state index in [1.165, 1.54) is 89.9 Å². The highest BCUT2D eigenvalue weighted by atomic mass is 31.2. The Bertz CT molecular complexity index is 2320. The zero-order valence-corrected chi connectivity index (χ0v) is 64.6. The summed E-state index contributed by atoms with van der Waals surface area (Å²) in [6, 6.07) is 0. The van der Waals surface area contributed by atoms with Crippen LogP contribution in [0.2, 0.25) is 0 Å². The highest BCUT2D eigenvalue weighted by Gasteiger charge is 2.30. The second kappa shape index (κ2) is 73.0. The van der Waals surface area contributed by atoms with Gasteiger partial charge in [-0.05, 0) is 148 Å². The molecule has 5 atom stereocenters. The zero-order valence-electron chi connectivity index (χ0n) is 62.8. The number of aliphatic hydroxyl groups excluding tert-OH is 1. The smallest absolute Gasteiger partial charge is 0.462 e. The highest BCUT2D eigenvalue weighted by Crippen LogP contribution is 2.45. The third kappa shape index (κ3) is 72.1. The van der Waals surface area contributed by atoms with Crippen molar-refractivity contribution in [3.63, 3.8) is 0 Å². The van der Waals surface area contributed by atoms with Crippen LogP contribution in [0.3, 0.4) is 0 Å². The number of unbranched alkanes of at least 4 members (excludes halogenated alkanes) is 30. The molecule has 0 aliphatic heterocycles. The van der Waals surface area contributed by atoms with E-state index in [1.807, 2.05) is 12.2 Å². The van der Waals surface area contributed by atoms with E-state index in [-0.39, 0.29) is 25.7 Å². The van der Waals surface area contributed by atoms with Gasteiger partial charge in [-0.2, -0.15) is 0 Å². The molecule has 17 nitrogen and oxygen atoms in total. The van der Waals surface area contributed by atoms with Gasteiger partial charge in [-0.25, -0.2) is 9.13 Å². The zero-order chi connectivity index (χ0) is 73.2. The minimum absolute atomic E-state index is 0.0643. The lowest BCUT2D eigenvalue weighted by Gasteiger charge is -2.21. The van der Waals surface area contributed by atoms with Gasteiger partial charge in [0, 0.05) is 25.7 Å². The van der Waals surface area contributed by atoms with E-state index < -0.39 is 97.5 Å². The first-order chi connectivity index (χ1) is 48.7. The molecule has 576 valence electrons. The summed E-state index contributed by atoms with van der Waals surface area (Å²) in [5.74, 6) is -2.27. The van der Waals surface area contributed by atoms with Crippen LogP contribution in [-0.2, 0) is 65.4 Å². The van der Waals surface area contributed by atoms with Gasteiger partial charge in [0.1, 0.15) is 19.3 Å². The minimum Gasteiger partial charge on any atom is -0.462 e. The standard InChI is InChI=1S/C81H140O17P2/c1-5-9-13-17-21-25-29-33-36-37-40-42-46-50-54-58-62-66-79(84)92-72-77(98-81(86)68-64-60-56-52-48-44-39-35-31-27-23-19-15-11-7-3)74-96-100(89,90)94-70-75(82)69-93-99(87,88)95-73-76(71-91-78(83)65-61-57-53-49-45-41-32-28-24-20-16-12-8-4)97-80(85)67-63-59-55-51-47-43-38-34-30-26-22-18-14-10-6-2/h21-22,25-28,31-36,38-40,42,50,54,75-77,82H,5-20,23-24,29-30,37,41,43-49,51-53,55-74H2,1-4H3,(H,87,88)(H,89,90)/b25-21-,26-22-,31-27-,32-28-,36-33-,38-34-,39-35-,42-40-,54-50-/t75-,76-,77-/m1/s1. The molecule has 0 fully saturated rings. The first-order valence-corrected chi connectivity index (χ1v) is 42.1. The fourth-order valence-electron chi connectivity index (χ4n) is 10.2. The number of phosphoric acid groups is 2. The maximum Gasteiger partial charge on any atom is 0.472 e. The Morgan fingerprint density at radius 1 is 0.290 bits per heavy atom. The summed E-state index contributed by atoms with van der Waals surface area (Å²) in [6.45, 7) is 4.69. The number of allylic oxidation sites excluding steroid dienone is 18. The van der Waals surface area contributed by atoms with Crippen molar-refractivity contribution in [2.24, 2.45) is 0 Å². The van der Waals surface area contributed by atoms with Crippen LogP contribution in [0.1, 0.15) is 323 Å². The maximum absolute atomic E-state index is 13.1. The number of carbonyl (C=O) groups excluding carboxylic acids is 4. The molecule has 0 radical (unpaired) electrons. The lowest BCUT2D eigenvalue weighted by Crippen LogP contribution is -2.30. The predicted octanol–water partition coefficient (Wildman–Crippen LogP) is 22.6. The van der Waals surface area contributed by atoms with Gasteiger partial charge in [0.05, 0.1) is 26.4 Å². The summed E-state index contributed by atoms with van der Waals surface area (Å²) in [6.07, 6.45) is 77.9. The average Bonchev–Trinajstić information content (AvgIpc) is 0.945. The van der Waals surface area contributed by atoms with Crippen LogP contribution in [0, 0.1) is 0 Å². The SMILES string of the molecule is CCCCC/C=C\C/C=C\C/C=C\C/C=C\CCCC(=O)OC[C@H](COP(=O)(O)OC[C@H](O)COP(=O)(O)OC[C@@H](COC(=O)CCCCCCC/C=C\CCCCCC)OC(=O)CCCCCCC/C=C\C/C=C\CCCCC)OC(=O)CCCCCCC/C=C\C=C/CCCCCC. The van der Waals surface area contributed by atoms with Gasteiger partial charge in [0.15, 0.2) is 12.2 Å². The number of carbonyl (C=O) groups is 4. The van der Waals surface area contributed by atoms with Crippen molar-refractivity contribution >= 4 is 39.5 Å². The molecule has 0 aromatic rings. The first kappa shape index (κ1) is 95.7. The molecule has 0 aromatic heterocycles. The van der Waals surface area contributed by atoms with E-state index >= 15 is 0 Å². The molecule has 0 aliphatic carbocycles. The van der Waals surface area contributed by atoms with Crippen molar-refractivity contribution < 1.29 is 80.2 Å². The van der Waals surface area contributed by atoms with Gasteiger partial charge in [-0.1, -0.05) is 259 Å². The van der Waals surface area contributed by atoms with Gasteiger partial charge < -0.3 is 33.8 Å². The summed E-state index contributed by atoms with van der Waals surface area (Å²) in [5, 5.41) is 10.6. The summed E-state index contributed by atoms with van der Waals surface area (Å²) >= 11 is 0. The molecule has 2 unspecified atom stereocenters. The second-order valence-corrected chi connectivity index (χ2v) is 28.9. The number of ether oxygens (including phenoxy) is 4. The molecule has 100 heavy (non-hydrogen) atoms. The van der Waals surface area contributed by atoms with E-state index in [2.05, 4.69) is 125 Å². The van der Waals surface area contributed by atoms with Crippen LogP contribution < -0.4 is 0 Å². The van der Waals surface area contributed by atoms with Crippen LogP contribution in [0.5, 0.6) is 0 Å². The number of esters is 4. The van der Waals surface area contributed by atoms with Crippen LogP contribution in [0.25, 0.3) is 0 Å². The summed E-state index contributed by atoms with van der Waals surface area (Å²) < 4.78 is 68.4. The monoisotopic (exact) mass is 1450 g/mol. The summed E-state index contributed by atoms with van der Waals surface area (Å²) in [4.78, 5) is 72.9. The number of aliphatic hydroxyl groups is 1. The molecule has 0 aliphatic rings. The second-order valence-electron chi connectivity index (χ2n) is 26.0. The van der Waals surface area contributed by atoms with E-state index in [9.17, 15) is 43.2 Å². The Morgan fingerprint density at radius 3 is 0.880 bits per heavy atom. The van der Waals surface area contributed by atoms with Gasteiger partial charge in [0.25, 0.3) is 0 Å². The molecule has 19 heteroatoms. The van der Waals surface area contributed by atoms with Crippen molar-refractivity contribution in [3.05, 3.63) is 109 Å². The van der Waals surface area contributed by atoms with E-state index in [0.717, 1.165) is 148 Å². The van der Waals surface area contributed by atoms with E-state index in [4.69, 9.17) is 37.0 Å². The number of phosphoric ester groups is 2. The number of hydrogen-bond donors (Lipinski definition) is 3. The molecule has 0 saturated carbocycles. The molecule has 0 aromatic carbocycles. The molecule has 0 saturated heterocycles. The predicted molar refractivity (Wildman–Crippen MR) is 408 cm³/mol. The largest absolute Gasteiger partial charge is 0.472 e. The summed E-state index contributed by atoms with van der Waals surface area (Å²) in [7, 11) is -9.98. The van der Waals surface area contributed by atoms with Gasteiger partial charge >= 0.3 is 39.5 Å². The molecule has 0 spiro atoms. The Morgan fingerprint density at radius 2 is 0.530 bits per heavy atom. The number of rotatable bonds is 73. The van der Waals surface area contributed by atoms with Crippen molar-refractivity contribution in [2.45, 2.75) is 341 Å².